The summed E-state index contributed by atoms with van der Waals surface area (Å²) in [6, 6.07) is 33.4. The van der Waals surface area contributed by atoms with E-state index in [4.69, 9.17) is 14.7 Å². The maximum Gasteiger partial charge on any atom is 0.346 e. The molecular weight excluding hydrogens is 649 g/mol. The summed E-state index contributed by atoms with van der Waals surface area (Å²) >= 11 is 4.55. The smallest absolute Gasteiger partial charge is 0.346 e. The minimum absolute atomic E-state index is 0.0103. The highest BCUT2D eigenvalue weighted by atomic mass is 32.1. The van der Waals surface area contributed by atoms with Crippen molar-refractivity contribution in [3.63, 3.8) is 0 Å². The molecule has 3 heterocycles. The van der Waals surface area contributed by atoms with E-state index in [1.807, 2.05) is 66.7 Å². The van der Waals surface area contributed by atoms with Crippen molar-refractivity contribution in [2.24, 2.45) is 0 Å². The molecule has 0 fully saturated rings. The van der Waals surface area contributed by atoms with Crippen LogP contribution in [0.2, 0.25) is 0 Å². The van der Waals surface area contributed by atoms with Gasteiger partial charge in [0.15, 0.2) is 5.78 Å². The average Bonchev–Trinajstić information content (AvgIpc) is 3.89. The second kappa shape index (κ2) is 12.4. The van der Waals surface area contributed by atoms with Crippen molar-refractivity contribution in [2.45, 2.75) is 0 Å². The Morgan fingerprint density at radius 2 is 1.23 bits per heavy atom. The second-order valence-electron chi connectivity index (χ2n) is 10.5. The summed E-state index contributed by atoms with van der Waals surface area (Å²) < 4.78 is 10.7. The molecule has 0 bridgehead atoms. The third kappa shape index (κ3) is 5.61. The maximum absolute atomic E-state index is 13.5. The molecule has 6 aromatic rings. The van der Waals surface area contributed by atoms with E-state index in [1.165, 1.54) is 17.4 Å². The lowest BCUT2D eigenvalue weighted by Crippen LogP contribution is -2.09. The van der Waals surface area contributed by atoms with Gasteiger partial charge in [0.05, 0.1) is 24.0 Å². The highest BCUT2D eigenvalue weighted by Gasteiger charge is 2.32. The predicted octanol–water partition coefficient (Wildman–Crippen LogP) is 9.90. The first kappa shape index (κ1) is 30.2. The summed E-state index contributed by atoms with van der Waals surface area (Å²) in [7, 11) is 3.30. The van der Waals surface area contributed by atoms with Gasteiger partial charge in [-0.1, -0.05) is 12.1 Å². The number of carboxylic acid groups (broad SMARTS) is 1. The van der Waals surface area contributed by atoms with Crippen molar-refractivity contribution in [1.29, 1.82) is 5.26 Å². The zero-order valence-corrected chi connectivity index (χ0v) is 27.5. The van der Waals surface area contributed by atoms with E-state index in [1.54, 1.807) is 49.0 Å². The lowest BCUT2D eigenvalue weighted by atomic mass is 10.1. The van der Waals surface area contributed by atoms with Crippen LogP contribution in [0, 0.1) is 11.3 Å². The monoisotopic (exact) mass is 672 g/mol. The summed E-state index contributed by atoms with van der Waals surface area (Å²) in [6.45, 7) is 0. The second-order valence-corrected chi connectivity index (χ2v) is 13.7. The molecule has 3 aromatic heterocycles. The molecular formula is C37H24N2O5S3. The molecule has 0 unspecified atom stereocenters. The Bertz CT molecular complexity index is 2170. The fourth-order valence-corrected chi connectivity index (χ4v) is 8.90. The van der Waals surface area contributed by atoms with Crippen LogP contribution in [-0.2, 0) is 4.79 Å². The summed E-state index contributed by atoms with van der Waals surface area (Å²) in [5.41, 5.74) is 5.04. The molecule has 0 spiro atoms. The molecule has 230 valence electrons. The zero-order valence-electron chi connectivity index (χ0n) is 25.0. The van der Waals surface area contributed by atoms with Crippen LogP contribution in [0.5, 0.6) is 11.5 Å². The van der Waals surface area contributed by atoms with Crippen LogP contribution in [0.3, 0.4) is 0 Å². The Balaban J connectivity index is 1.18. The minimum atomic E-state index is -1.26. The molecule has 7 nitrogen and oxygen atoms in total. The molecule has 3 aromatic carbocycles. The molecule has 0 aliphatic heterocycles. The lowest BCUT2D eigenvalue weighted by Gasteiger charge is -2.26. The third-order valence-corrected chi connectivity index (χ3v) is 11.4. The fourth-order valence-electron chi connectivity index (χ4n) is 5.40. The normalized spacial score (nSPS) is 11.9. The molecule has 0 radical (unpaired) electrons. The number of ketones is 1. The van der Waals surface area contributed by atoms with Gasteiger partial charge in [0.2, 0.25) is 0 Å². The number of nitriles is 1. The van der Waals surface area contributed by atoms with Crippen molar-refractivity contribution in [1.82, 2.24) is 0 Å². The van der Waals surface area contributed by atoms with Gasteiger partial charge in [-0.05, 0) is 96.6 Å². The molecule has 0 saturated heterocycles. The number of carboxylic acids is 1. The first-order chi connectivity index (χ1) is 22.9. The van der Waals surface area contributed by atoms with E-state index in [9.17, 15) is 14.7 Å². The average molecular weight is 673 g/mol. The van der Waals surface area contributed by atoms with Gasteiger partial charge in [-0.25, -0.2) is 4.79 Å². The first-order valence-electron chi connectivity index (χ1n) is 14.3. The van der Waals surface area contributed by atoms with E-state index in [0.29, 0.717) is 10.4 Å². The number of rotatable bonds is 9. The molecule has 47 heavy (non-hydrogen) atoms. The number of ether oxygens (including phenoxy) is 2. The number of nitrogens with zero attached hydrogens (tertiary/aromatic N) is 2. The minimum Gasteiger partial charge on any atom is -0.497 e. The fraction of sp³-hybridized carbons (Fsp3) is 0.0541. The summed E-state index contributed by atoms with van der Waals surface area (Å²) in [4.78, 5) is 32.3. The highest BCUT2D eigenvalue weighted by Crippen LogP contribution is 2.51. The first-order valence-corrected chi connectivity index (χ1v) is 16.8. The van der Waals surface area contributed by atoms with E-state index in [2.05, 4.69) is 29.2 Å². The van der Waals surface area contributed by atoms with Gasteiger partial charge in [-0.3, -0.25) is 4.79 Å². The number of methoxy groups -OCH3 is 2. The number of carbonyl (C=O) groups is 2. The Kier molecular flexibility index (Phi) is 7.95. The SMILES string of the molecule is COc1ccc(N(c2ccc(OC)cc2)c2ccc(-c3cc4c(s3)-c3sc(-c5ccc(C=C(C#N)C(=O)O)s5)cc3C4=O)cc2)cc1. The van der Waals surface area contributed by atoms with Crippen LogP contribution in [0.4, 0.5) is 17.1 Å². The Morgan fingerprint density at radius 3 is 1.74 bits per heavy atom. The maximum atomic E-state index is 13.5. The number of fused-ring (bicyclic) bond motifs is 3. The van der Waals surface area contributed by atoms with E-state index in [0.717, 1.165) is 64.1 Å². The number of thiophene rings is 3. The standard InChI is InChI=1S/C37H24N2O5S3/c1-43-26-11-7-24(8-12-26)39(25-9-13-27(44-2)14-10-25)23-5-3-21(4-6-23)32-18-29-34(40)30-19-33(47-36(30)35(29)46-32)31-16-15-28(45-31)17-22(20-38)37(41)42/h3-19H,1-2H3,(H,41,42). The molecule has 1 N–H and O–H groups in total. The molecule has 0 amide bonds. The largest absolute Gasteiger partial charge is 0.497 e. The van der Waals surface area contributed by atoms with Crippen LogP contribution >= 0.6 is 34.0 Å². The zero-order chi connectivity index (χ0) is 32.7. The Morgan fingerprint density at radius 1 is 0.723 bits per heavy atom. The van der Waals surface area contributed by atoms with Gasteiger partial charge in [-0.15, -0.1) is 34.0 Å². The molecule has 1 aliphatic rings. The van der Waals surface area contributed by atoms with E-state index in [-0.39, 0.29) is 11.4 Å². The van der Waals surface area contributed by atoms with Gasteiger partial charge < -0.3 is 19.5 Å². The topological polar surface area (TPSA) is 99.9 Å². The van der Waals surface area contributed by atoms with Gasteiger partial charge in [0.25, 0.3) is 0 Å². The van der Waals surface area contributed by atoms with Crippen molar-refractivity contribution in [3.05, 3.63) is 119 Å². The molecule has 1 aliphatic carbocycles. The third-order valence-electron chi connectivity index (χ3n) is 7.74. The van der Waals surface area contributed by atoms with E-state index >= 15 is 0 Å². The highest BCUT2D eigenvalue weighted by molar-refractivity contribution is 7.28. The number of carbonyl (C=O) groups excluding carboxylic acids is 1. The van der Waals surface area contributed by atoms with Gasteiger partial charge >= 0.3 is 5.97 Å². The summed E-state index contributed by atoms with van der Waals surface area (Å²) in [5, 5.41) is 18.3. The van der Waals surface area contributed by atoms with Crippen LogP contribution in [0.15, 0.2) is 103 Å². The van der Waals surface area contributed by atoms with Gasteiger partial charge in [0.1, 0.15) is 23.1 Å². The molecule has 0 atom stereocenters. The Hall–Kier alpha value is -5.47. The van der Waals surface area contributed by atoms with Crippen LogP contribution in [-0.4, -0.2) is 31.1 Å². The van der Waals surface area contributed by atoms with Crippen molar-refractivity contribution >= 4 is 68.9 Å². The van der Waals surface area contributed by atoms with Gasteiger partial charge in [-0.2, -0.15) is 5.26 Å². The lowest BCUT2D eigenvalue weighted by molar-refractivity contribution is -0.132. The predicted molar refractivity (Wildman–Crippen MR) is 189 cm³/mol. The number of aliphatic carboxylic acids is 1. The quantitative estimate of drug-likeness (QED) is 0.120. The number of hydrogen-bond acceptors (Lipinski definition) is 9. The van der Waals surface area contributed by atoms with E-state index < -0.39 is 5.97 Å². The van der Waals surface area contributed by atoms with Crippen LogP contribution < -0.4 is 14.4 Å². The van der Waals surface area contributed by atoms with Crippen molar-refractivity contribution < 1.29 is 24.2 Å². The van der Waals surface area contributed by atoms with Crippen molar-refractivity contribution in [3.8, 4) is 47.5 Å². The molecule has 10 heteroatoms. The number of anilines is 3. The summed E-state index contributed by atoms with van der Waals surface area (Å²) in [5.74, 6) is 0.311. The Labute approximate surface area is 282 Å². The van der Waals surface area contributed by atoms with Gasteiger partial charge in [0, 0.05) is 47.7 Å². The molecule has 0 saturated carbocycles. The molecule has 7 rings (SSSR count). The number of hydrogen-bond donors (Lipinski definition) is 1. The van der Waals surface area contributed by atoms with Crippen LogP contribution in [0.25, 0.3) is 36.0 Å². The van der Waals surface area contributed by atoms with Crippen molar-refractivity contribution in [2.75, 3.05) is 19.1 Å². The van der Waals surface area contributed by atoms with Crippen LogP contribution in [0.1, 0.15) is 20.8 Å². The summed E-state index contributed by atoms with van der Waals surface area (Å²) in [6.07, 6.45) is 1.37. The number of benzene rings is 3.